The number of nitrogens with two attached hydrogens (primary N) is 1. The molecule has 4 heteroatoms. The third-order valence-corrected chi connectivity index (χ3v) is 4.66. The summed E-state index contributed by atoms with van der Waals surface area (Å²) in [5.74, 6) is -3.04. The van der Waals surface area contributed by atoms with Crippen molar-refractivity contribution in [3.63, 3.8) is 0 Å². The maximum absolute atomic E-state index is 14.2. The van der Waals surface area contributed by atoms with Gasteiger partial charge in [-0.1, -0.05) is 33.3 Å². The first-order valence-electron chi connectivity index (χ1n) is 7.20. The molecular weight excluding hydrogens is 263 g/mol. The standard InChI is InChI=1S/C16H22F3N/c1-9(2)11-5-4-10(3)8-16(11,20)12-6-7-13(17)15(19)14(12)18/h6-7,9-11H,4-5,8,20H2,1-3H3. The molecule has 1 aliphatic carbocycles. The van der Waals surface area contributed by atoms with Gasteiger partial charge in [0, 0.05) is 11.1 Å². The van der Waals surface area contributed by atoms with Gasteiger partial charge in [0.1, 0.15) is 0 Å². The van der Waals surface area contributed by atoms with Crippen LogP contribution in [0.15, 0.2) is 12.1 Å². The molecule has 2 rings (SSSR count). The largest absolute Gasteiger partial charge is 0.321 e. The van der Waals surface area contributed by atoms with Crippen molar-refractivity contribution in [2.75, 3.05) is 0 Å². The Hall–Kier alpha value is -1.03. The van der Waals surface area contributed by atoms with Crippen molar-refractivity contribution >= 4 is 0 Å². The van der Waals surface area contributed by atoms with Crippen LogP contribution in [0.1, 0.15) is 45.6 Å². The van der Waals surface area contributed by atoms with E-state index in [4.69, 9.17) is 5.73 Å². The van der Waals surface area contributed by atoms with Crippen LogP contribution in [-0.2, 0) is 5.54 Å². The zero-order valence-electron chi connectivity index (χ0n) is 12.2. The van der Waals surface area contributed by atoms with Crippen LogP contribution in [0, 0.1) is 35.2 Å². The van der Waals surface area contributed by atoms with Gasteiger partial charge >= 0.3 is 0 Å². The molecule has 1 aromatic rings. The molecule has 20 heavy (non-hydrogen) atoms. The summed E-state index contributed by atoms with van der Waals surface area (Å²) < 4.78 is 40.8. The van der Waals surface area contributed by atoms with E-state index in [2.05, 4.69) is 6.92 Å². The molecule has 0 saturated heterocycles. The van der Waals surface area contributed by atoms with Gasteiger partial charge in [0.2, 0.25) is 0 Å². The molecule has 0 spiro atoms. The lowest BCUT2D eigenvalue weighted by Gasteiger charge is -2.46. The van der Waals surface area contributed by atoms with E-state index < -0.39 is 23.0 Å². The van der Waals surface area contributed by atoms with Crippen LogP contribution >= 0.6 is 0 Å². The van der Waals surface area contributed by atoms with Crippen LogP contribution in [0.4, 0.5) is 13.2 Å². The molecule has 1 saturated carbocycles. The van der Waals surface area contributed by atoms with Gasteiger partial charge < -0.3 is 5.73 Å². The van der Waals surface area contributed by atoms with Crippen LogP contribution < -0.4 is 5.73 Å². The first-order chi connectivity index (χ1) is 9.27. The quantitative estimate of drug-likeness (QED) is 0.803. The Morgan fingerprint density at radius 3 is 2.40 bits per heavy atom. The first-order valence-corrected chi connectivity index (χ1v) is 7.20. The average Bonchev–Trinajstić information content (AvgIpc) is 2.35. The van der Waals surface area contributed by atoms with Crippen LogP contribution in [0.2, 0.25) is 0 Å². The fraction of sp³-hybridized carbons (Fsp3) is 0.625. The van der Waals surface area contributed by atoms with Crippen molar-refractivity contribution in [2.24, 2.45) is 23.5 Å². The van der Waals surface area contributed by atoms with E-state index in [0.717, 1.165) is 18.9 Å². The van der Waals surface area contributed by atoms with Crippen molar-refractivity contribution in [3.8, 4) is 0 Å². The summed E-state index contributed by atoms with van der Waals surface area (Å²) in [6.07, 6.45) is 2.51. The molecule has 112 valence electrons. The Bertz CT molecular complexity index is 501. The highest BCUT2D eigenvalue weighted by Crippen LogP contribution is 2.46. The molecule has 0 amide bonds. The van der Waals surface area contributed by atoms with Crippen LogP contribution in [-0.4, -0.2) is 0 Å². The minimum Gasteiger partial charge on any atom is -0.321 e. The normalized spacial score (nSPS) is 30.8. The van der Waals surface area contributed by atoms with Gasteiger partial charge in [-0.05, 0) is 36.7 Å². The number of benzene rings is 1. The van der Waals surface area contributed by atoms with Crippen molar-refractivity contribution < 1.29 is 13.2 Å². The summed E-state index contributed by atoms with van der Waals surface area (Å²) in [7, 11) is 0. The number of hydrogen-bond acceptors (Lipinski definition) is 1. The van der Waals surface area contributed by atoms with Crippen LogP contribution in [0.25, 0.3) is 0 Å². The van der Waals surface area contributed by atoms with Crippen molar-refractivity contribution in [1.29, 1.82) is 0 Å². The second-order valence-corrected chi connectivity index (χ2v) is 6.50. The highest BCUT2D eigenvalue weighted by molar-refractivity contribution is 5.29. The zero-order valence-corrected chi connectivity index (χ0v) is 12.2. The van der Waals surface area contributed by atoms with E-state index in [-0.39, 0.29) is 17.4 Å². The van der Waals surface area contributed by atoms with E-state index >= 15 is 0 Å². The summed E-state index contributed by atoms with van der Waals surface area (Å²) in [5.41, 5.74) is 5.69. The molecule has 0 radical (unpaired) electrons. The minimum absolute atomic E-state index is 0.0676. The molecule has 3 atom stereocenters. The number of rotatable bonds is 2. The Labute approximate surface area is 118 Å². The fourth-order valence-corrected chi connectivity index (χ4v) is 3.67. The Kier molecular flexibility index (Phi) is 4.14. The molecule has 1 aromatic carbocycles. The molecule has 3 unspecified atom stereocenters. The lowest BCUT2D eigenvalue weighted by atomic mass is 9.62. The van der Waals surface area contributed by atoms with Gasteiger partial charge in [-0.3, -0.25) is 0 Å². The lowest BCUT2D eigenvalue weighted by molar-refractivity contribution is 0.104. The van der Waals surface area contributed by atoms with Crippen molar-refractivity contribution in [1.82, 2.24) is 0 Å². The maximum atomic E-state index is 14.2. The minimum atomic E-state index is -1.42. The summed E-state index contributed by atoms with van der Waals surface area (Å²) >= 11 is 0. The highest BCUT2D eigenvalue weighted by atomic mass is 19.2. The van der Waals surface area contributed by atoms with E-state index in [1.54, 1.807) is 0 Å². The Morgan fingerprint density at radius 2 is 1.80 bits per heavy atom. The predicted octanol–water partition coefficient (Wildman–Crippen LogP) is 4.35. The van der Waals surface area contributed by atoms with Gasteiger partial charge in [0.05, 0.1) is 0 Å². The predicted molar refractivity (Wildman–Crippen MR) is 73.5 cm³/mol. The average molecular weight is 285 g/mol. The molecule has 1 aliphatic rings. The molecule has 0 bridgehead atoms. The Morgan fingerprint density at radius 1 is 1.15 bits per heavy atom. The van der Waals surface area contributed by atoms with Crippen molar-refractivity contribution in [3.05, 3.63) is 35.1 Å². The summed E-state index contributed by atoms with van der Waals surface area (Å²) in [4.78, 5) is 0. The third-order valence-electron chi connectivity index (χ3n) is 4.66. The monoisotopic (exact) mass is 285 g/mol. The van der Waals surface area contributed by atoms with Gasteiger partial charge in [0.25, 0.3) is 0 Å². The smallest absolute Gasteiger partial charge is 0.194 e. The molecular formula is C16H22F3N. The summed E-state index contributed by atoms with van der Waals surface area (Å²) in [6.45, 7) is 6.15. The summed E-state index contributed by atoms with van der Waals surface area (Å²) in [6, 6.07) is 2.28. The SMILES string of the molecule is CC1CCC(C(C)C)C(N)(c2ccc(F)c(F)c2F)C1. The molecule has 0 heterocycles. The van der Waals surface area contributed by atoms with Crippen LogP contribution in [0.5, 0.6) is 0 Å². The lowest BCUT2D eigenvalue weighted by Crippen LogP contribution is -2.50. The van der Waals surface area contributed by atoms with E-state index in [9.17, 15) is 13.2 Å². The van der Waals surface area contributed by atoms with Gasteiger partial charge in [-0.2, -0.15) is 0 Å². The second kappa shape index (κ2) is 5.40. The van der Waals surface area contributed by atoms with E-state index in [0.29, 0.717) is 12.3 Å². The number of halogens is 3. The second-order valence-electron chi connectivity index (χ2n) is 6.50. The van der Waals surface area contributed by atoms with Gasteiger partial charge in [-0.25, -0.2) is 13.2 Å². The third kappa shape index (κ3) is 2.46. The molecule has 0 aliphatic heterocycles. The van der Waals surface area contributed by atoms with Crippen molar-refractivity contribution in [2.45, 2.75) is 45.6 Å². The highest BCUT2D eigenvalue weighted by Gasteiger charge is 2.44. The number of hydrogen-bond donors (Lipinski definition) is 1. The topological polar surface area (TPSA) is 26.0 Å². The molecule has 1 nitrogen and oxygen atoms in total. The van der Waals surface area contributed by atoms with Gasteiger partial charge in [-0.15, -0.1) is 0 Å². The first kappa shape index (κ1) is 15.4. The molecule has 2 N–H and O–H groups in total. The Balaban J connectivity index is 2.53. The van der Waals surface area contributed by atoms with Gasteiger partial charge in [0.15, 0.2) is 17.5 Å². The van der Waals surface area contributed by atoms with E-state index in [1.165, 1.54) is 6.07 Å². The zero-order chi connectivity index (χ0) is 15.1. The molecule has 0 aromatic heterocycles. The summed E-state index contributed by atoms with van der Waals surface area (Å²) in [5, 5.41) is 0. The molecule has 1 fully saturated rings. The van der Waals surface area contributed by atoms with Crippen LogP contribution in [0.3, 0.4) is 0 Å². The van der Waals surface area contributed by atoms with E-state index in [1.807, 2.05) is 13.8 Å². The maximum Gasteiger partial charge on any atom is 0.194 e. The fourth-order valence-electron chi connectivity index (χ4n) is 3.67.